The second kappa shape index (κ2) is 7.59. The van der Waals surface area contributed by atoms with Crippen molar-refractivity contribution in [3.63, 3.8) is 0 Å². The molecule has 96 valence electrons. The van der Waals surface area contributed by atoms with Crippen molar-refractivity contribution in [3.05, 3.63) is 63.9 Å². The molecule has 2 aromatic rings. The number of aromatic nitrogens is 1. The first-order valence-electron chi connectivity index (χ1n) is 5.29. The molecule has 0 atom stereocenters. The summed E-state index contributed by atoms with van der Waals surface area (Å²) in [5.74, 6) is 0. The summed E-state index contributed by atoms with van der Waals surface area (Å²) in [7, 11) is 0. The zero-order valence-electron chi connectivity index (χ0n) is 9.57. The van der Waals surface area contributed by atoms with Crippen molar-refractivity contribution in [1.29, 1.82) is 0 Å². The second-order valence-corrected chi connectivity index (χ2v) is 4.52. The molecule has 0 aliphatic heterocycles. The Kier molecular flexibility index (Phi) is 6.44. The summed E-state index contributed by atoms with van der Waals surface area (Å²) in [6.45, 7) is 1.57. The van der Waals surface area contributed by atoms with E-state index >= 15 is 0 Å². The highest BCUT2D eigenvalue weighted by Gasteiger charge is 1.99. The third-order valence-corrected chi connectivity index (χ3v) is 3.13. The van der Waals surface area contributed by atoms with Gasteiger partial charge in [0.2, 0.25) is 0 Å². The summed E-state index contributed by atoms with van der Waals surface area (Å²) >= 11 is 11.8. The first-order valence-corrected chi connectivity index (χ1v) is 6.05. The van der Waals surface area contributed by atoms with Gasteiger partial charge in [0.1, 0.15) is 0 Å². The summed E-state index contributed by atoms with van der Waals surface area (Å²) in [6.07, 6.45) is 3.58. The minimum Gasteiger partial charge on any atom is -0.309 e. The Morgan fingerprint density at radius 2 is 1.56 bits per heavy atom. The highest BCUT2D eigenvalue weighted by Crippen LogP contribution is 2.22. The number of pyridine rings is 1. The zero-order chi connectivity index (χ0) is 12.1. The smallest absolute Gasteiger partial charge is 0.0595 e. The SMILES string of the molecule is Cl.Clc1ccc(CNCc2ccncc2)cc1Cl. The van der Waals surface area contributed by atoms with Gasteiger partial charge in [0.15, 0.2) is 0 Å². The van der Waals surface area contributed by atoms with Crippen LogP contribution in [-0.4, -0.2) is 4.98 Å². The molecule has 0 bridgehead atoms. The lowest BCUT2D eigenvalue weighted by atomic mass is 10.2. The van der Waals surface area contributed by atoms with Gasteiger partial charge in [-0.3, -0.25) is 4.98 Å². The van der Waals surface area contributed by atoms with Gasteiger partial charge in [-0.25, -0.2) is 0 Å². The van der Waals surface area contributed by atoms with Crippen molar-refractivity contribution in [1.82, 2.24) is 10.3 Å². The van der Waals surface area contributed by atoms with Crippen molar-refractivity contribution in [2.45, 2.75) is 13.1 Å². The summed E-state index contributed by atoms with van der Waals surface area (Å²) in [5, 5.41) is 4.52. The van der Waals surface area contributed by atoms with Crippen LogP contribution in [0, 0.1) is 0 Å². The molecule has 5 heteroatoms. The summed E-state index contributed by atoms with van der Waals surface area (Å²) < 4.78 is 0. The molecular weight excluding hydrogens is 291 g/mol. The predicted octanol–water partition coefficient (Wildman–Crippen LogP) is 4.10. The van der Waals surface area contributed by atoms with Crippen LogP contribution in [0.5, 0.6) is 0 Å². The first-order chi connectivity index (χ1) is 8.25. The molecule has 2 rings (SSSR count). The van der Waals surface area contributed by atoms with Gasteiger partial charge in [0.25, 0.3) is 0 Å². The van der Waals surface area contributed by atoms with Gasteiger partial charge in [-0.1, -0.05) is 29.3 Å². The summed E-state index contributed by atoms with van der Waals surface area (Å²) in [6, 6.07) is 9.63. The molecule has 0 saturated carbocycles. The van der Waals surface area contributed by atoms with Gasteiger partial charge < -0.3 is 5.32 Å². The fourth-order valence-corrected chi connectivity index (χ4v) is 1.82. The highest BCUT2D eigenvalue weighted by molar-refractivity contribution is 6.42. The number of nitrogens with zero attached hydrogens (tertiary/aromatic N) is 1. The zero-order valence-corrected chi connectivity index (χ0v) is 11.9. The molecule has 0 fully saturated rings. The molecule has 1 heterocycles. The number of hydrogen-bond acceptors (Lipinski definition) is 2. The molecule has 0 unspecified atom stereocenters. The van der Waals surface area contributed by atoms with E-state index < -0.39 is 0 Å². The topological polar surface area (TPSA) is 24.9 Å². The minimum absolute atomic E-state index is 0. The maximum absolute atomic E-state index is 5.94. The molecule has 0 amide bonds. The molecule has 0 spiro atoms. The average Bonchev–Trinajstić information content (AvgIpc) is 2.35. The molecule has 1 aromatic heterocycles. The Bertz CT molecular complexity index is 489. The van der Waals surface area contributed by atoms with Crippen LogP contribution in [0.3, 0.4) is 0 Å². The van der Waals surface area contributed by atoms with Crippen LogP contribution in [0.2, 0.25) is 10.0 Å². The van der Waals surface area contributed by atoms with Crippen molar-refractivity contribution >= 4 is 35.6 Å². The molecule has 2 nitrogen and oxygen atoms in total. The van der Waals surface area contributed by atoms with Gasteiger partial charge in [-0.05, 0) is 35.4 Å². The van der Waals surface area contributed by atoms with E-state index in [4.69, 9.17) is 23.2 Å². The maximum atomic E-state index is 5.94. The normalized spacial score (nSPS) is 9.89. The van der Waals surface area contributed by atoms with Gasteiger partial charge in [-0.2, -0.15) is 0 Å². The van der Waals surface area contributed by atoms with Crippen molar-refractivity contribution in [2.75, 3.05) is 0 Å². The maximum Gasteiger partial charge on any atom is 0.0595 e. The summed E-state index contributed by atoms with van der Waals surface area (Å²) in [5.41, 5.74) is 2.33. The fraction of sp³-hybridized carbons (Fsp3) is 0.154. The third-order valence-electron chi connectivity index (χ3n) is 2.39. The van der Waals surface area contributed by atoms with E-state index in [0.717, 1.165) is 18.7 Å². The molecular formula is C13H13Cl3N2. The van der Waals surface area contributed by atoms with Crippen molar-refractivity contribution < 1.29 is 0 Å². The predicted molar refractivity (Wildman–Crippen MR) is 78.5 cm³/mol. The lowest BCUT2D eigenvalue weighted by molar-refractivity contribution is 0.693. The van der Waals surface area contributed by atoms with Gasteiger partial charge in [-0.15, -0.1) is 12.4 Å². The number of nitrogens with one attached hydrogen (secondary N) is 1. The van der Waals surface area contributed by atoms with Crippen molar-refractivity contribution in [3.8, 4) is 0 Å². The molecule has 0 radical (unpaired) electrons. The van der Waals surface area contributed by atoms with E-state index in [0.29, 0.717) is 10.0 Å². The van der Waals surface area contributed by atoms with E-state index in [1.165, 1.54) is 5.56 Å². The largest absolute Gasteiger partial charge is 0.309 e. The van der Waals surface area contributed by atoms with E-state index in [2.05, 4.69) is 10.3 Å². The second-order valence-electron chi connectivity index (χ2n) is 3.71. The van der Waals surface area contributed by atoms with Crippen LogP contribution in [0.4, 0.5) is 0 Å². The average molecular weight is 304 g/mol. The van der Waals surface area contributed by atoms with Gasteiger partial charge in [0, 0.05) is 25.5 Å². The molecule has 18 heavy (non-hydrogen) atoms. The van der Waals surface area contributed by atoms with Gasteiger partial charge >= 0.3 is 0 Å². The highest BCUT2D eigenvalue weighted by atomic mass is 35.5. The van der Waals surface area contributed by atoms with E-state index in [9.17, 15) is 0 Å². The lowest BCUT2D eigenvalue weighted by Gasteiger charge is -2.06. The number of hydrogen-bond donors (Lipinski definition) is 1. The van der Waals surface area contributed by atoms with Crippen LogP contribution in [0.25, 0.3) is 0 Å². The van der Waals surface area contributed by atoms with Crippen LogP contribution >= 0.6 is 35.6 Å². The minimum atomic E-state index is 0. The Hall–Kier alpha value is -0.800. The van der Waals surface area contributed by atoms with Crippen LogP contribution < -0.4 is 5.32 Å². The Balaban J connectivity index is 0.00000162. The Morgan fingerprint density at radius 3 is 2.22 bits per heavy atom. The van der Waals surface area contributed by atoms with E-state index in [-0.39, 0.29) is 12.4 Å². The molecule has 0 saturated heterocycles. The van der Waals surface area contributed by atoms with Gasteiger partial charge in [0.05, 0.1) is 10.0 Å². The molecule has 1 N–H and O–H groups in total. The standard InChI is InChI=1S/C13H12Cl2N2.ClH/c14-12-2-1-11(7-13(12)15)9-17-8-10-3-5-16-6-4-10;/h1-7,17H,8-9H2;1H. The number of benzene rings is 1. The monoisotopic (exact) mass is 302 g/mol. The molecule has 0 aliphatic rings. The van der Waals surface area contributed by atoms with Crippen LogP contribution in [-0.2, 0) is 13.1 Å². The lowest BCUT2D eigenvalue weighted by Crippen LogP contribution is -2.12. The number of rotatable bonds is 4. The van der Waals surface area contributed by atoms with E-state index in [1.807, 2.05) is 30.3 Å². The quantitative estimate of drug-likeness (QED) is 0.920. The molecule has 1 aromatic carbocycles. The number of halogens is 3. The molecule has 0 aliphatic carbocycles. The third kappa shape index (κ3) is 4.46. The Morgan fingerprint density at radius 1 is 0.889 bits per heavy atom. The van der Waals surface area contributed by atoms with E-state index in [1.54, 1.807) is 12.4 Å². The first kappa shape index (κ1) is 15.3. The summed E-state index contributed by atoms with van der Waals surface area (Å²) in [4.78, 5) is 3.97. The van der Waals surface area contributed by atoms with Crippen molar-refractivity contribution in [2.24, 2.45) is 0 Å². The van der Waals surface area contributed by atoms with Crippen LogP contribution in [0.15, 0.2) is 42.7 Å². The van der Waals surface area contributed by atoms with Crippen LogP contribution in [0.1, 0.15) is 11.1 Å². The fourth-order valence-electron chi connectivity index (χ4n) is 1.50. The Labute approximate surface area is 123 Å².